The van der Waals surface area contributed by atoms with Crippen LogP contribution in [0.15, 0.2) is 18.2 Å². The van der Waals surface area contributed by atoms with Crippen molar-refractivity contribution in [3.63, 3.8) is 0 Å². The molecule has 3 N–H and O–H groups in total. The minimum absolute atomic E-state index is 0.128. The van der Waals surface area contributed by atoms with Crippen LogP contribution in [0.25, 0.3) is 0 Å². The highest BCUT2D eigenvalue weighted by Crippen LogP contribution is 2.32. The zero-order chi connectivity index (χ0) is 16.2. The van der Waals surface area contributed by atoms with Crippen LogP contribution >= 0.6 is 0 Å². The van der Waals surface area contributed by atoms with Crippen molar-refractivity contribution in [3.05, 3.63) is 23.8 Å². The SMILES string of the molecule is O=C(N[C@@H](CO)C(=O)NC1CCCC1)c1ccc2c(c1)OCO2. The fraction of sp³-hybridized carbons (Fsp3) is 0.500. The van der Waals surface area contributed by atoms with Crippen LogP contribution in [0, 0.1) is 0 Å². The highest BCUT2D eigenvalue weighted by atomic mass is 16.7. The van der Waals surface area contributed by atoms with E-state index in [1.54, 1.807) is 18.2 Å². The lowest BCUT2D eigenvalue weighted by molar-refractivity contribution is -0.124. The van der Waals surface area contributed by atoms with E-state index in [4.69, 9.17) is 9.47 Å². The van der Waals surface area contributed by atoms with E-state index in [2.05, 4.69) is 10.6 Å². The first-order valence-electron chi connectivity index (χ1n) is 7.79. The predicted octanol–water partition coefficient (Wildman–Crippen LogP) is 0.565. The number of aliphatic hydroxyl groups is 1. The molecule has 1 atom stereocenters. The standard InChI is InChI=1S/C16H20N2O5/c19-8-12(16(21)17-11-3-1-2-4-11)18-15(20)10-5-6-13-14(7-10)23-9-22-13/h5-7,11-12,19H,1-4,8-9H2,(H,17,21)(H,18,20)/t12-/m0/s1. The van der Waals surface area contributed by atoms with Gasteiger partial charge >= 0.3 is 0 Å². The van der Waals surface area contributed by atoms with Gasteiger partial charge in [-0.1, -0.05) is 12.8 Å². The van der Waals surface area contributed by atoms with Crippen molar-refractivity contribution in [2.75, 3.05) is 13.4 Å². The van der Waals surface area contributed by atoms with E-state index in [1.165, 1.54) is 0 Å². The number of ether oxygens (including phenoxy) is 2. The van der Waals surface area contributed by atoms with Crippen LogP contribution < -0.4 is 20.1 Å². The van der Waals surface area contributed by atoms with Gasteiger partial charge in [-0.2, -0.15) is 0 Å². The Hall–Kier alpha value is -2.28. The van der Waals surface area contributed by atoms with E-state index >= 15 is 0 Å². The minimum atomic E-state index is -0.964. The number of carbonyl (C=O) groups excluding carboxylic acids is 2. The largest absolute Gasteiger partial charge is 0.454 e. The first-order valence-corrected chi connectivity index (χ1v) is 7.79. The number of nitrogens with one attached hydrogen (secondary N) is 2. The van der Waals surface area contributed by atoms with Gasteiger partial charge in [0.25, 0.3) is 5.91 Å². The summed E-state index contributed by atoms with van der Waals surface area (Å²) in [6.45, 7) is -0.321. The average Bonchev–Trinajstić information content (AvgIpc) is 3.22. The normalized spacial score (nSPS) is 17.8. The number of benzene rings is 1. The molecule has 1 aromatic carbocycles. The van der Waals surface area contributed by atoms with Gasteiger partial charge in [0.15, 0.2) is 11.5 Å². The molecule has 0 unspecified atom stereocenters. The summed E-state index contributed by atoms with van der Waals surface area (Å²) in [7, 11) is 0. The van der Waals surface area contributed by atoms with Crippen LogP contribution in [0.2, 0.25) is 0 Å². The summed E-state index contributed by atoms with van der Waals surface area (Å²) in [6, 6.07) is 3.96. The molecule has 0 spiro atoms. The average molecular weight is 320 g/mol. The van der Waals surface area contributed by atoms with E-state index in [9.17, 15) is 14.7 Å². The second kappa shape index (κ2) is 6.87. The molecule has 3 rings (SSSR count). The third-order valence-electron chi connectivity index (χ3n) is 4.14. The minimum Gasteiger partial charge on any atom is -0.454 e. The highest BCUT2D eigenvalue weighted by molar-refractivity contribution is 5.98. The van der Waals surface area contributed by atoms with Gasteiger partial charge in [-0.05, 0) is 31.0 Å². The van der Waals surface area contributed by atoms with Gasteiger partial charge in [-0.3, -0.25) is 9.59 Å². The molecule has 2 aliphatic rings. The molecule has 7 nitrogen and oxygen atoms in total. The topological polar surface area (TPSA) is 96.9 Å². The Kier molecular flexibility index (Phi) is 4.66. The molecule has 124 valence electrons. The Bertz CT molecular complexity index is 598. The van der Waals surface area contributed by atoms with Gasteiger partial charge in [0, 0.05) is 11.6 Å². The number of amides is 2. The summed E-state index contributed by atoms with van der Waals surface area (Å²) >= 11 is 0. The van der Waals surface area contributed by atoms with Crippen molar-refractivity contribution in [1.29, 1.82) is 0 Å². The highest BCUT2D eigenvalue weighted by Gasteiger charge is 2.25. The first-order chi connectivity index (χ1) is 11.2. The number of fused-ring (bicyclic) bond motifs is 1. The van der Waals surface area contributed by atoms with Crippen LogP contribution in [0.5, 0.6) is 11.5 Å². The molecule has 7 heteroatoms. The van der Waals surface area contributed by atoms with Crippen LogP contribution in [-0.2, 0) is 4.79 Å². The molecule has 1 aliphatic heterocycles. The van der Waals surface area contributed by atoms with Crippen LogP contribution in [0.3, 0.4) is 0 Å². The zero-order valence-electron chi connectivity index (χ0n) is 12.7. The monoisotopic (exact) mass is 320 g/mol. The van der Waals surface area contributed by atoms with Crippen molar-refractivity contribution in [2.24, 2.45) is 0 Å². The van der Waals surface area contributed by atoms with Gasteiger partial charge in [0.2, 0.25) is 12.7 Å². The predicted molar refractivity (Wildman–Crippen MR) is 81.3 cm³/mol. The van der Waals surface area contributed by atoms with E-state index in [0.717, 1.165) is 25.7 Å². The first kappa shape index (κ1) is 15.6. The maximum Gasteiger partial charge on any atom is 0.252 e. The smallest absolute Gasteiger partial charge is 0.252 e. The number of aliphatic hydroxyl groups excluding tert-OH is 1. The zero-order valence-corrected chi connectivity index (χ0v) is 12.7. The fourth-order valence-corrected chi connectivity index (χ4v) is 2.85. The molecule has 1 fully saturated rings. The third-order valence-corrected chi connectivity index (χ3v) is 4.14. The fourth-order valence-electron chi connectivity index (χ4n) is 2.85. The molecule has 0 radical (unpaired) electrons. The van der Waals surface area contributed by atoms with Gasteiger partial charge in [0.1, 0.15) is 6.04 Å². The number of hydrogen-bond donors (Lipinski definition) is 3. The van der Waals surface area contributed by atoms with Crippen molar-refractivity contribution >= 4 is 11.8 Å². The van der Waals surface area contributed by atoms with Gasteiger partial charge < -0.3 is 25.2 Å². The van der Waals surface area contributed by atoms with Crippen molar-refractivity contribution < 1.29 is 24.2 Å². The summed E-state index contributed by atoms with van der Waals surface area (Å²) in [5.74, 6) is 0.283. The van der Waals surface area contributed by atoms with Crippen LogP contribution in [0.1, 0.15) is 36.0 Å². The van der Waals surface area contributed by atoms with Gasteiger partial charge in [-0.25, -0.2) is 0 Å². The maximum absolute atomic E-state index is 12.3. The van der Waals surface area contributed by atoms with E-state index in [1.807, 2.05) is 0 Å². The van der Waals surface area contributed by atoms with Crippen LogP contribution in [-0.4, -0.2) is 42.4 Å². The molecule has 1 heterocycles. The quantitative estimate of drug-likeness (QED) is 0.737. The number of hydrogen-bond acceptors (Lipinski definition) is 5. The summed E-state index contributed by atoms with van der Waals surface area (Å²) in [5.41, 5.74) is 0.348. The molecule has 0 saturated heterocycles. The molecular weight excluding hydrogens is 300 g/mol. The summed E-state index contributed by atoms with van der Waals surface area (Å²) in [6.07, 6.45) is 4.08. The second-order valence-electron chi connectivity index (χ2n) is 5.77. The van der Waals surface area contributed by atoms with Crippen molar-refractivity contribution in [2.45, 2.75) is 37.8 Å². The Morgan fingerprint density at radius 2 is 1.96 bits per heavy atom. The van der Waals surface area contributed by atoms with E-state index in [0.29, 0.717) is 17.1 Å². The molecule has 1 saturated carbocycles. The van der Waals surface area contributed by atoms with Crippen molar-refractivity contribution in [1.82, 2.24) is 10.6 Å². The second-order valence-corrected chi connectivity index (χ2v) is 5.77. The lowest BCUT2D eigenvalue weighted by Crippen LogP contribution is -2.51. The van der Waals surface area contributed by atoms with E-state index in [-0.39, 0.29) is 18.7 Å². The van der Waals surface area contributed by atoms with Gasteiger partial charge in [0.05, 0.1) is 6.61 Å². The Balaban J connectivity index is 1.61. The maximum atomic E-state index is 12.3. The lowest BCUT2D eigenvalue weighted by Gasteiger charge is -2.19. The van der Waals surface area contributed by atoms with Gasteiger partial charge in [-0.15, -0.1) is 0 Å². The molecule has 23 heavy (non-hydrogen) atoms. The molecule has 1 aromatic rings. The lowest BCUT2D eigenvalue weighted by atomic mass is 10.1. The van der Waals surface area contributed by atoms with Crippen molar-refractivity contribution in [3.8, 4) is 11.5 Å². The molecular formula is C16H20N2O5. The summed E-state index contributed by atoms with van der Waals surface area (Å²) < 4.78 is 10.4. The molecule has 0 aromatic heterocycles. The Morgan fingerprint density at radius 3 is 2.70 bits per heavy atom. The number of rotatable bonds is 5. The Morgan fingerprint density at radius 1 is 1.22 bits per heavy atom. The summed E-state index contributed by atoms with van der Waals surface area (Å²) in [4.78, 5) is 24.4. The summed E-state index contributed by atoms with van der Waals surface area (Å²) in [5, 5.41) is 14.8. The number of carbonyl (C=O) groups is 2. The van der Waals surface area contributed by atoms with E-state index < -0.39 is 18.6 Å². The van der Waals surface area contributed by atoms with Crippen LogP contribution in [0.4, 0.5) is 0 Å². The molecule has 1 aliphatic carbocycles. The molecule has 2 amide bonds. The Labute approximate surface area is 134 Å². The third kappa shape index (κ3) is 3.56. The molecule has 0 bridgehead atoms.